The summed E-state index contributed by atoms with van der Waals surface area (Å²) in [7, 11) is -2.62. The lowest BCUT2D eigenvalue weighted by molar-refractivity contribution is -0.384. The lowest BCUT2D eigenvalue weighted by atomic mass is 10.2. The summed E-state index contributed by atoms with van der Waals surface area (Å²) in [5.41, 5.74) is 3.87. The molecule has 3 aromatic carbocycles. The number of hydrogen-bond acceptors (Lipinski definition) is 7. The van der Waals surface area contributed by atoms with Crippen molar-refractivity contribution in [3.8, 4) is 5.75 Å². The van der Waals surface area contributed by atoms with Crippen LogP contribution in [0.4, 0.5) is 11.4 Å². The molecular formula is C23H22N4O6S. The van der Waals surface area contributed by atoms with Gasteiger partial charge in [-0.2, -0.15) is 5.10 Å². The number of carbonyl (C=O) groups excluding carboxylic acids is 1. The maximum atomic E-state index is 13.4. The molecule has 0 aromatic heterocycles. The first-order valence-corrected chi connectivity index (χ1v) is 11.4. The number of non-ortho nitro benzene ring substituents is 1. The van der Waals surface area contributed by atoms with Crippen LogP contribution in [0.25, 0.3) is 0 Å². The SMILES string of the molecule is COc1cccc(N(CC(=O)N/N=C\c2ccc([N+](=O)[O-])cc2)S(=O)(=O)c2ccc(C)cc2)c1. The van der Waals surface area contributed by atoms with Crippen LogP contribution in [0.2, 0.25) is 0 Å². The maximum absolute atomic E-state index is 13.4. The lowest BCUT2D eigenvalue weighted by Crippen LogP contribution is -2.39. The average Bonchev–Trinajstić information content (AvgIpc) is 2.83. The molecule has 0 bridgehead atoms. The van der Waals surface area contributed by atoms with Gasteiger partial charge in [0.15, 0.2) is 0 Å². The molecule has 10 nitrogen and oxygen atoms in total. The Balaban J connectivity index is 1.82. The molecule has 0 saturated heterocycles. The predicted octanol–water partition coefficient (Wildman–Crippen LogP) is 3.26. The summed E-state index contributed by atoms with van der Waals surface area (Å²) < 4.78 is 32.9. The maximum Gasteiger partial charge on any atom is 0.269 e. The molecule has 0 atom stereocenters. The van der Waals surface area contributed by atoms with Crippen molar-refractivity contribution in [1.82, 2.24) is 5.43 Å². The molecule has 0 unspecified atom stereocenters. The van der Waals surface area contributed by atoms with E-state index in [1.54, 1.807) is 30.3 Å². The predicted molar refractivity (Wildman–Crippen MR) is 128 cm³/mol. The number of ether oxygens (including phenoxy) is 1. The van der Waals surface area contributed by atoms with E-state index in [0.717, 1.165) is 9.87 Å². The van der Waals surface area contributed by atoms with Crippen LogP contribution >= 0.6 is 0 Å². The Kier molecular flexibility index (Phi) is 7.59. The van der Waals surface area contributed by atoms with E-state index in [-0.39, 0.29) is 16.3 Å². The minimum absolute atomic E-state index is 0.0306. The third-order valence-corrected chi connectivity index (χ3v) is 6.53. The first-order chi connectivity index (χ1) is 16.2. The topological polar surface area (TPSA) is 131 Å². The van der Waals surface area contributed by atoms with Crippen LogP contribution in [0, 0.1) is 17.0 Å². The molecule has 0 fully saturated rings. The van der Waals surface area contributed by atoms with Gasteiger partial charge in [0.2, 0.25) is 0 Å². The summed E-state index contributed by atoms with van der Waals surface area (Å²) in [5, 5.41) is 14.6. The molecule has 3 rings (SSSR count). The molecule has 0 saturated carbocycles. The van der Waals surface area contributed by atoms with Gasteiger partial charge < -0.3 is 4.74 Å². The number of hydrazone groups is 1. The van der Waals surface area contributed by atoms with E-state index >= 15 is 0 Å². The zero-order chi connectivity index (χ0) is 24.7. The number of nitro groups is 1. The normalized spacial score (nSPS) is 11.2. The lowest BCUT2D eigenvalue weighted by Gasteiger charge is -2.24. The number of nitrogens with one attached hydrogen (secondary N) is 1. The second-order valence-corrected chi connectivity index (χ2v) is 9.03. The first-order valence-electron chi connectivity index (χ1n) is 10.0. The monoisotopic (exact) mass is 482 g/mol. The van der Waals surface area contributed by atoms with Gasteiger partial charge in [-0.05, 0) is 48.9 Å². The number of aryl methyl sites for hydroxylation is 1. The zero-order valence-electron chi connectivity index (χ0n) is 18.4. The number of amides is 1. The summed E-state index contributed by atoms with van der Waals surface area (Å²) in [6.07, 6.45) is 1.30. The quantitative estimate of drug-likeness (QED) is 0.283. The van der Waals surface area contributed by atoms with Gasteiger partial charge in [-0.25, -0.2) is 13.8 Å². The Labute approximate surface area is 196 Å². The van der Waals surface area contributed by atoms with Crippen LogP contribution < -0.4 is 14.5 Å². The summed E-state index contributed by atoms with van der Waals surface area (Å²) in [6, 6.07) is 18.2. The van der Waals surface area contributed by atoms with Crippen LogP contribution in [-0.4, -0.2) is 39.1 Å². The molecule has 0 spiro atoms. The smallest absolute Gasteiger partial charge is 0.269 e. The van der Waals surface area contributed by atoms with E-state index in [9.17, 15) is 23.3 Å². The van der Waals surface area contributed by atoms with Gasteiger partial charge in [0.25, 0.3) is 21.6 Å². The third kappa shape index (κ3) is 5.95. The van der Waals surface area contributed by atoms with Crippen molar-refractivity contribution in [3.05, 3.63) is 94.0 Å². The highest BCUT2D eigenvalue weighted by atomic mass is 32.2. The fraction of sp³-hybridized carbons (Fsp3) is 0.130. The molecule has 1 amide bonds. The molecule has 0 aliphatic carbocycles. The van der Waals surface area contributed by atoms with Crippen LogP contribution in [0.15, 0.2) is 82.8 Å². The van der Waals surface area contributed by atoms with Gasteiger partial charge in [-0.1, -0.05) is 23.8 Å². The van der Waals surface area contributed by atoms with Gasteiger partial charge in [0.05, 0.1) is 28.8 Å². The number of anilines is 1. The van der Waals surface area contributed by atoms with Crippen molar-refractivity contribution in [1.29, 1.82) is 0 Å². The Morgan fingerprint density at radius 3 is 2.41 bits per heavy atom. The molecule has 3 aromatic rings. The fourth-order valence-corrected chi connectivity index (χ4v) is 4.36. The number of carbonyl (C=O) groups is 1. The highest BCUT2D eigenvalue weighted by Gasteiger charge is 2.27. The largest absolute Gasteiger partial charge is 0.497 e. The van der Waals surface area contributed by atoms with Crippen molar-refractivity contribution in [2.24, 2.45) is 5.10 Å². The van der Waals surface area contributed by atoms with Crippen LogP contribution in [0.3, 0.4) is 0 Å². The second kappa shape index (κ2) is 10.6. The van der Waals surface area contributed by atoms with Crippen molar-refractivity contribution < 1.29 is 22.9 Å². The summed E-state index contributed by atoms with van der Waals surface area (Å²) >= 11 is 0. The van der Waals surface area contributed by atoms with E-state index in [2.05, 4.69) is 10.5 Å². The first kappa shape index (κ1) is 24.4. The Hall–Kier alpha value is -4.25. The highest BCUT2D eigenvalue weighted by molar-refractivity contribution is 7.92. The van der Waals surface area contributed by atoms with Gasteiger partial charge in [-0.3, -0.25) is 19.2 Å². The fourth-order valence-electron chi connectivity index (χ4n) is 2.94. The summed E-state index contributed by atoms with van der Waals surface area (Å²) in [5.74, 6) is -0.255. The molecular weight excluding hydrogens is 460 g/mol. The van der Waals surface area contributed by atoms with Crippen LogP contribution in [0.5, 0.6) is 5.75 Å². The minimum Gasteiger partial charge on any atom is -0.497 e. The number of sulfonamides is 1. The van der Waals surface area contributed by atoms with Crippen molar-refractivity contribution >= 4 is 33.5 Å². The average molecular weight is 483 g/mol. The Morgan fingerprint density at radius 2 is 1.79 bits per heavy atom. The molecule has 0 radical (unpaired) electrons. The van der Waals surface area contributed by atoms with Gasteiger partial charge in [-0.15, -0.1) is 0 Å². The minimum atomic E-state index is -4.08. The van der Waals surface area contributed by atoms with Crippen LogP contribution in [0.1, 0.15) is 11.1 Å². The number of nitrogens with zero attached hydrogens (tertiary/aromatic N) is 3. The van der Waals surface area contributed by atoms with E-state index in [4.69, 9.17) is 4.74 Å². The van der Waals surface area contributed by atoms with E-state index in [0.29, 0.717) is 11.3 Å². The molecule has 0 heterocycles. The second-order valence-electron chi connectivity index (χ2n) is 7.17. The number of benzene rings is 3. The summed E-state index contributed by atoms with van der Waals surface area (Å²) in [6.45, 7) is 1.30. The molecule has 11 heteroatoms. The Bertz CT molecular complexity index is 1310. The molecule has 176 valence electrons. The van der Waals surface area contributed by atoms with Crippen molar-refractivity contribution in [2.75, 3.05) is 18.0 Å². The number of hydrogen-bond donors (Lipinski definition) is 1. The van der Waals surface area contributed by atoms with Crippen molar-refractivity contribution in [3.63, 3.8) is 0 Å². The van der Waals surface area contributed by atoms with E-state index in [1.165, 1.54) is 55.8 Å². The van der Waals surface area contributed by atoms with Gasteiger partial charge in [0, 0.05) is 18.2 Å². The highest BCUT2D eigenvalue weighted by Crippen LogP contribution is 2.27. The molecule has 1 N–H and O–H groups in total. The van der Waals surface area contributed by atoms with E-state index in [1.807, 2.05) is 6.92 Å². The number of nitro benzene ring substituents is 1. The molecule has 0 aliphatic rings. The van der Waals surface area contributed by atoms with E-state index < -0.39 is 27.4 Å². The zero-order valence-corrected chi connectivity index (χ0v) is 19.2. The Morgan fingerprint density at radius 1 is 1.12 bits per heavy atom. The third-order valence-electron chi connectivity index (χ3n) is 4.74. The molecule has 0 aliphatic heterocycles. The number of rotatable bonds is 9. The standard InChI is InChI=1S/C23H22N4O6S/c1-17-6-12-22(13-7-17)34(31,32)26(20-4-3-5-21(14-20)33-2)16-23(28)25-24-15-18-8-10-19(11-9-18)27(29)30/h3-15H,16H2,1-2H3,(H,25,28)/b24-15-. The molecule has 34 heavy (non-hydrogen) atoms. The van der Waals surface area contributed by atoms with Crippen molar-refractivity contribution in [2.45, 2.75) is 11.8 Å². The van der Waals surface area contributed by atoms with Gasteiger partial charge in [0.1, 0.15) is 12.3 Å². The van der Waals surface area contributed by atoms with Gasteiger partial charge >= 0.3 is 0 Å². The summed E-state index contributed by atoms with van der Waals surface area (Å²) in [4.78, 5) is 22.8. The van der Waals surface area contributed by atoms with Crippen LogP contribution in [-0.2, 0) is 14.8 Å². The number of methoxy groups -OCH3 is 1.